The van der Waals surface area contributed by atoms with Crippen molar-refractivity contribution in [2.45, 2.75) is 39.2 Å². The quantitative estimate of drug-likeness (QED) is 0.0233. The molecule has 354 valence electrons. The molecule has 5 aromatic carbocycles. The van der Waals surface area contributed by atoms with E-state index in [4.69, 9.17) is 0 Å². The van der Waals surface area contributed by atoms with Crippen molar-refractivity contribution in [1.82, 2.24) is 0 Å². The minimum Gasteiger partial charge on any atom is -0.287 e. The molecule has 0 atom stereocenters. The van der Waals surface area contributed by atoms with E-state index in [1.54, 1.807) is 29.0 Å². The van der Waals surface area contributed by atoms with Crippen LogP contribution in [0.2, 0.25) is 0 Å². The number of hydrogen-bond acceptors (Lipinski definition) is 2. The summed E-state index contributed by atoms with van der Waals surface area (Å²) in [6, 6.07) is 14.7. The summed E-state index contributed by atoms with van der Waals surface area (Å²) in [5.74, 6) is -71.3. The third kappa shape index (κ3) is 8.72. The molecule has 6 rings (SSSR count). The Bertz CT molecular complexity index is 2570. The van der Waals surface area contributed by atoms with E-state index >= 15 is 35.1 Å². The van der Waals surface area contributed by atoms with Gasteiger partial charge in [0.1, 0.15) is 52.7 Å². The molecule has 0 aliphatic heterocycles. The second kappa shape index (κ2) is 20.0. The predicted octanol–water partition coefficient (Wildman–Crippen LogP) is 9.47. The fourth-order valence-corrected chi connectivity index (χ4v) is 7.28. The van der Waals surface area contributed by atoms with Gasteiger partial charge in [-0.1, -0.05) is 50.1 Å². The van der Waals surface area contributed by atoms with Crippen molar-refractivity contribution in [3.8, 4) is 0 Å². The molecule has 0 unspecified atom stereocenters. The predicted molar refractivity (Wildman–Crippen MR) is 195 cm³/mol. The van der Waals surface area contributed by atoms with Gasteiger partial charge in [-0.05, 0) is 12.5 Å². The van der Waals surface area contributed by atoms with Crippen LogP contribution in [0.4, 0.5) is 87.8 Å². The maximum atomic E-state index is 15.4. The molecule has 67 heavy (non-hydrogen) atoms. The largest absolute Gasteiger partial charge is 0.287 e. The van der Waals surface area contributed by atoms with Crippen molar-refractivity contribution in [1.29, 1.82) is 0 Å². The lowest BCUT2D eigenvalue weighted by Crippen LogP contribution is -2.81. The van der Waals surface area contributed by atoms with Gasteiger partial charge in [-0.3, -0.25) is 9.59 Å². The summed E-state index contributed by atoms with van der Waals surface area (Å²) in [7, 11) is 0. The van der Waals surface area contributed by atoms with Crippen molar-refractivity contribution in [3.05, 3.63) is 182 Å². The molecule has 0 aliphatic carbocycles. The highest BCUT2D eigenvalue weighted by atomic mass is 19.2. The maximum Gasteiger partial charge on any atom is 0.249 e. The molecule has 0 fully saturated rings. The van der Waals surface area contributed by atoms with E-state index in [0.717, 1.165) is 19.3 Å². The second-order valence-electron chi connectivity index (χ2n) is 14.2. The average Bonchev–Trinajstić information content (AvgIpc) is 3.32. The molecular formula is C43H22BF20NO2. The van der Waals surface area contributed by atoms with E-state index < -0.39 is 144 Å². The number of ketones is 2. The van der Waals surface area contributed by atoms with E-state index in [2.05, 4.69) is 6.92 Å². The summed E-state index contributed by atoms with van der Waals surface area (Å²) in [6.07, 6.45) is -1.83. The van der Waals surface area contributed by atoms with Crippen molar-refractivity contribution in [2.24, 2.45) is 0 Å². The van der Waals surface area contributed by atoms with Crippen molar-refractivity contribution >= 4 is 39.6 Å². The Hall–Kier alpha value is -6.75. The third-order valence-electron chi connectivity index (χ3n) is 10.4. The summed E-state index contributed by atoms with van der Waals surface area (Å²) in [4.78, 5) is 24.6. The number of aromatic nitrogens is 1. The Balaban J connectivity index is 0.000000319. The molecule has 0 saturated heterocycles. The van der Waals surface area contributed by atoms with Gasteiger partial charge in [0.25, 0.3) is 0 Å². The Kier molecular flexibility index (Phi) is 15.3. The standard InChI is InChI=1S/C24BF20.C19H22NO2/c26-5-1(6(27)14(35)21(42)13(5)34)25(2-7(28)15(36)22(43)16(37)8(2)29,3-9(30)17(38)23(44)18(39)10(3)31)4-11(32)19(40)24(45)20(41)12(4)33;1-2-3-5-13-18(21)17-12-8-9-14-20(17)15-19(22)16-10-6-4-7-11-16/h;4,6-12,14H,2-3,5,13,15H2,1H3/q-1;+1. The Morgan fingerprint density at radius 2 is 0.687 bits per heavy atom. The van der Waals surface area contributed by atoms with E-state index in [-0.39, 0.29) is 18.1 Å². The number of Topliss-reactive ketones (excluding diaryl/α,β-unsaturated/α-hetero) is 2. The molecule has 3 nitrogen and oxygen atoms in total. The molecule has 0 aliphatic rings. The first-order chi connectivity index (χ1) is 31.4. The third-order valence-corrected chi connectivity index (χ3v) is 10.4. The molecule has 0 N–H and O–H groups in total. The summed E-state index contributed by atoms with van der Waals surface area (Å²) in [5.41, 5.74) is -13.0. The van der Waals surface area contributed by atoms with Gasteiger partial charge < -0.3 is 0 Å². The zero-order chi connectivity index (χ0) is 50.1. The first kappa shape index (κ1) is 51.2. The van der Waals surface area contributed by atoms with Crippen LogP contribution in [0.15, 0.2) is 54.7 Å². The zero-order valence-electron chi connectivity index (χ0n) is 33.1. The fraction of sp³-hybridized carbons (Fsp3) is 0.140. The summed E-state index contributed by atoms with van der Waals surface area (Å²) < 4.78 is 296. The van der Waals surface area contributed by atoms with Gasteiger partial charge in [-0.2, -0.15) is 4.57 Å². The number of rotatable bonds is 12. The lowest BCUT2D eigenvalue weighted by Gasteiger charge is -2.44. The number of pyridine rings is 1. The summed E-state index contributed by atoms with van der Waals surface area (Å²) in [5, 5.41) is 0. The number of unbranched alkanes of at least 4 members (excludes halogenated alkanes) is 2. The smallest absolute Gasteiger partial charge is 0.249 e. The van der Waals surface area contributed by atoms with Crippen molar-refractivity contribution in [2.75, 3.05) is 0 Å². The summed E-state index contributed by atoms with van der Waals surface area (Å²) >= 11 is 0. The lowest BCUT2D eigenvalue weighted by molar-refractivity contribution is -0.685. The van der Waals surface area contributed by atoms with Crippen LogP contribution in [-0.4, -0.2) is 17.7 Å². The topological polar surface area (TPSA) is 38.0 Å². The zero-order valence-corrected chi connectivity index (χ0v) is 33.1. The van der Waals surface area contributed by atoms with Gasteiger partial charge in [-0.25, -0.2) is 87.8 Å². The first-order valence-corrected chi connectivity index (χ1v) is 18.8. The average molecular weight is 975 g/mol. The first-order valence-electron chi connectivity index (χ1n) is 18.8. The van der Waals surface area contributed by atoms with E-state index in [0.29, 0.717) is 17.7 Å². The highest BCUT2D eigenvalue weighted by Gasteiger charge is 2.52. The second-order valence-corrected chi connectivity index (χ2v) is 14.2. The van der Waals surface area contributed by atoms with Crippen LogP contribution in [-0.2, 0) is 6.54 Å². The monoisotopic (exact) mass is 975 g/mol. The highest BCUT2D eigenvalue weighted by Crippen LogP contribution is 2.31. The Labute approximate surface area is 362 Å². The molecular weight excluding hydrogens is 953 g/mol. The molecule has 0 radical (unpaired) electrons. The van der Waals surface area contributed by atoms with Crippen LogP contribution in [0.25, 0.3) is 0 Å². The molecule has 1 heterocycles. The van der Waals surface area contributed by atoms with Gasteiger partial charge in [0.2, 0.25) is 23.8 Å². The number of carbonyl (C=O) groups is 2. The van der Waals surface area contributed by atoms with Gasteiger partial charge in [0.05, 0.1) is 0 Å². The molecule has 24 heteroatoms. The van der Waals surface area contributed by atoms with E-state index in [1.807, 2.05) is 30.3 Å². The summed E-state index contributed by atoms with van der Waals surface area (Å²) in [6.45, 7) is 2.31. The highest BCUT2D eigenvalue weighted by molar-refractivity contribution is 7.20. The van der Waals surface area contributed by atoms with Crippen molar-refractivity contribution in [3.63, 3.8) is 0 Å². The minimum absolute atomic E-state index is 0.0133. The maximum absolute atomic E-state index is 15.4. The van der Waals surface area contributed by atoms with Crippen LogP contribution in [0, 0.1) is 116 Å². The minimum atomic E-state index is -7.22. The molecule has 0 spiro atoms. The molecule has 6 aromatic rings. The van der Waals surface area contributed by atoms with Gasteiger partial charge in [0, 0.05) is 24.1 Å². The molecule has 0 bridgehead atoms. The SMILES string of the molecule is CCCCCC(=O)c1cccc[n+]1CC(=O)c1ccccc1.Fc1c(F)c(F)c([B-](c2c(F)c(F)c(F)c(F)c2F)(c2c(F)c(F)c(F)c(F)c2F)c2c(F)c(F)c(F)c(F)c2F)c(F)c1F. The normalized spacial score (nSPS) is 11.5. The van der Waals surface area contributed by atoms with E-state index in [1.165, 1.54) is 0 Å². The van der Waals surface area contributed by atoms with Crippen LogP contribution in [0.5, 0.6) is 0 Å². The van der Waals surface area contributed by atoms with Crippen LogP contribution >= 0.6 is 0 Å². The molecule has 0 saturated carbocycles. The number of halogens is 20. The lowest BCUT2D eigenvalue weighted by atomic mass is 9.12. The van der Waals surface area contributed by atoms with Gasteiger partial charge in [0.15, 0.2) is 76.0 Å². The molecule has 0 amide bonds. The number of carbonyl (C=O) groups excluding carboxylic acids is 2. The number of benzene rings is 5. The number of nitrogens with zero attached hydrogens (tertiary/aromatic N) is 1. The van der Waals surface area contributed by atoms with Crippen LogP contribution < -0.4 is 26.4 Å². The van der Waals surface area contributed by atoms with Crippen LogP contribution in [0.3, 0.4) is 0 Å². The van der Waals surface area contributed by atoms with Gasteiger partial charge >= 0.3 is 0 Å². The fourth-order valence-electron chi connectivity index (χ4n) is 7.28. The van der Waals surface area contributed by atoms with Crippen LogP contribution in [0.1, 0.15) is 53.5 Å². The Morgan fingerprint density at radius 1 is 0.388 bits per heavy atom. The number of hydrogen-bond donors (Lipinski definition) is 0. The molecule has 1 aromatic heterocycles. The van der Waals surface area contributed by atoms with Crippen molar-refractivity contribution < 1.29 is 102 Å². The Morgan fingerprint density at radius 3 is 1.00 bits per heavy atom. The van der Waals surface area contributed by atoms with Gasteiger partial charge in [-0.15, -0.1) is 21.9 Å². The van der Waals surface area contributed by atoms with E-state index in [9.17, 15) is 62.3 Å².